The van der Waals surface area contributed by atoms with Crippen molar-refractivity contribution in [1.29, 1.82) is 5.41 Å². The molecule has 1 unspecified atom stereocenters. The van der Waals surface area contributed by atoms with E-state index in [2.05, 4.69) is 4.99 Å². The highest BCUT2D eigenvalue weighted by atomic mass is 35.5. The second-order valence-corrected chi connectivity index (χ2v) is 4.07. The monoisotopic (exact) mass is 236 g/mol. The maximum absolute atomic E-state index is 7.76. The number of rotatable bonds is 5. The van der Waals surface area contributed by atoms with Crippen molar-refractivity contribution in [3.8, 4) is 0 Å². The smallest absolute Gasteiger partial charge is 0.0870 e. The van der Waals surface area contributed by atoms with E-state index in [1.54, 1.807) is 0 Å². The third-order valence-corrected chi connectivity index (χ3v) is 2.70. The normalized spacial score (nSPS) is 12.9. The first-order valence-corrected chi connectivity index (χ1v) is 5.91. The van der Waals surface area contributed by atoms with E-state index in [9.17, 15) is 0 Å². The minimum atomic E-state index is 0.0145. The fourth-order valence-corrected chi connectivity index (χ4v) is 1.53. The van der Waals surface area contributed by atoms with Crippen LogP contribution in [-0.2, 0) is 0 Å². The molecule has 0 radical (unpaired) electrons. The Kier molecular flexibility index (Phi) is 5.20. The Bertz CT molecular complexity index is 368. The molecule has 1 atom stereocenters. The molecule has 2 nitrogen and oxygen atoms in total. The molecule has 16 heavy (non-hydrogen) atoms. The molecule has 1 aromatic carbocycles. The second kappa shape index (κ2) is 6.44. The van der Waals surface area contributed by atoms with Crippen LogP contribution in [0.25, 0.3) is 0 Å². The van der Waals surface area contributed by atoms with Gasteiger partial charge >= 0.3 is 0 Å². The van der Waals surface area contributed by atoms with Crippen molar-refractivity contribution in [2.75, 3.05) is 0 Å². The summed E-state index contributed by atoms with van der Waals surface area (Å²) in [5.41, 5.74) is 1.71. The summed E-state index contributed by atoms with van der Waals surface area (Å²) in [5, 5.41) is 8.49. The summed E-state index contributed by atoms with van der Waals surface area (Å²) in [6.07, 6.45) is 3.45. The summed E-state index contributed by atoms with van der Waals surface area (Å²) in [4.78, 5) is 4.42. The number of nitrogens with zero attached hydrogens (tertiary/aromatic N) is 1. The van der Waals surface area contributed by atoms with Crippen LogP contribution in [0.3, 0.4) is 0 Å². The van der Waals surface area contributed by atoms with Crippen LogP contribution < -0.4 is 0 Å². The van der Waals surface area contributed by atoms with Gasteiger partial charge in [-0.3, -0.25) is 4.99 Å². The predicted molar refractivity (Wildman–Crippen MR) is 71.1 cm³/mol. The zero-order valence-electron chi connectivity index (χ0n) is 9.70. The van der Waals surface area contributed by atoms with E-state index in [0.29, 0.717) is 5.71 Å². The van der Waals surface area contributed by atoms with Crippen LogP contribution in [0.1, 0.15) is 32.3 Å². The van der Waals surface area contributed by atoms with E-state index >= 15 is 0 Å². The Balaban J connectivity index is 2.71. The minimum absolute atomic E-state index is 0.0145. The van der Waals surface area contributed by atoms with Crippen LogP contribution in [0.4, 0.5) is 0 Å². The van der Waals surface area contributed by atoms with Crippen LogP contribution in [-0.4, -0.2) is 18.0 Å². The Morgan fingerprint density at radius 2 is 2.00 bits per heavy atom. The van der Waals surface area contributed by atoms with Gasteiger partial charge in [0.1, 0.15) is 0 Å². The average Bonchev–Trinajstić information content (AvgIpc) is 2.31. The summed E-state index contributed by atoms with van der Waals surface area (Å²) < 4.78 is 0. The average molecular weight is 237 g/mol. The number of benzene rings is 1. The molecule has 3 heteroatoms. The highest BCUT2D eigenvalue weighted by molar-refractivity contribution is 6.30. The summed E-state index contributed by atoms with van der Waals surface area (Å²) >= 11 is 5.80. The molecule has 0 aliphatic rings. The first-order chi connectivity index (χ1) is 7.67. The first-order valence-electron chi connectivity index (χ1n) is 5.53. The largest absolute Gasteiger partial charge is 0.307 e. The lowest BCUT2D eigenvalue weighted by Crippen LogP contribution is -2.15. The van der Waals surface area contributed by atoms with Crippen molar-refractivity contribution in [2.45, 2.75) is 32.7 Å². The molecule has 0 heterocycles. The fourth-order valence-electron chi connectivity index (χ4n) is 1.40. The van der Waals surface area contributed by atoms with E-state index in [0.717, 1.165) is 23.4 Å². The summed E-state index contributed by atoms with van der Waals surface area (Å²) in [7, 11) is 0. The van der Waals surface area contributed by atoms with Crippen LogP contribution in [0.2, 0.25) is 5.02 Å². The Morgan fingerprint density at radius 3 is 2.50 bits per heavy atom. The Hall–Kier alpha value is -1.15. The van der Waals surface area contributed by atoms with E-state index in [1.807, 2.05) is 44.3 Å². The van der Waals surface area contributed by atoms with Gasteiger partial charge in [-0.1, -0.05) is 37.6 Å². The molecule has 1 aromatic rings. The highest BCUT2D eigenvalue weighted by Gasteiger charge is 2.07. The highest BCUT2D eigenvalue weighted by Crippen LogP contribution is 2.09. The van der Waals surface area contributed by atoms with E-state index in [-0.39, 0.29) is 6.04 Å². The van der Waals surface area contributed by atoms with Crippen molar-refractivity contribution >= 4 is 23.5 Å². The van der Waals surface area contributed by atoms with Gasteiger partial charge in [0.2, 0.25) is 0 Å². The molecular weight excluding hydrogens is 220 g/mol. The number of hydrogen-bond donors (Lipinski definition) is 1. The molecule has 86 valence electrons. The van der Waals surface area contributed by atoms with Crippen LogP contribution in [0.15, 0.2) is 29.3 Å². The van der Waals surface area contributed by atoms with Gasteiger partial charge in [0.25, 0.3) is 0 Å². The molecule has 0 bridgehead atoms. The summed E-state index contributed by atoms with van der Waals surface area (Å²) in [6, 6.07) is 7.55. The number of aliphatic imine (C=N–C) groups is 1. The van der Waals surface area contributed by atoms with Crippen molar-refractivity contribution in [2.24, 2.45) is 4.99 Å². The molecule has 0 aliphatic heterocycles. The van der Waals surface area contributed by atoms with Gasteiger partial charge in [-0.2, -0.15) is 0 Å². The third-order valence-electron chi connectivity index (χ3n) is 2.44. The molecule has 0 saturated carbocycles. The molecule has 0 aliphatic carbocycles. The van der Waals surface area contributed by atoms with Gasteiger partial charge in [0.15, 0.2) is 0 Å². The number of hydrogen-bond acceptors (Lipinski definition) is 2. The van der Waals surface area contributed by atoms with Crippen molar-refractivity contribution in [1.82, 2.24) is 0 Å². The van der Waals surface area contributed by atoms with Gasteiger partial charge in [-0.25, -0.2) is 0 Å². The SMILES string of the molecule is CCC(=N)C(CC)N=Cc1ccc(Cl)cc1. The van der Waals surface area contributed by atoms with Crippen LogP contribution in [0, 0.1) is 5.41 Å². The zero-order chi connectivity index (χ0) is 12.0. The van der Waals surface area contributed by atoms with Gasteiger partial charge in [-0.15, -0.1) is 0 Å². The molecule has 0 amide bonds. The Labute approximate surface area is 102 Å². The third kappa shape index (κ3) is 3.78. The maximum atomic E-state index is 7.76. The fraction of sp³-hybridized carbons (Fsp3) is 0.385. The van der Waals surface area contributed by atoms with Gasteiger partial charge in [0.05, 0.1) is 6.04 Å². The topological polar surface area (TPSA) is 36.2 Å². The molecule has 0 spiro atoms. The predicted octanol–water partition coefficient (Wildman–Crippen LogP) is 3.97. The first kappa shape index (κ1) is 12.9. The van der Waals surface area contributed by atoms with Gasteiger partial charge in [-0.05, 0) is 30.5 Å². The quantitative estimate of drug-likeness (QED) is 0.752. The van der Waals surface area contributed by atoms with Gasteiger partial charge in [0, 0.05) is 16.9 Å². The zero-order valence-corrected chi connectivity index (χ0v) is 10.5. The maximum Gasteiger partial charge on any atom is 0.0870 e. The summed E-state index contributed by atoms with van der Waals surface area (Å²) in [5.74, 6) is 0. The molecule has 0 aromatic heterocycles. The lowest BCUT2D eigenvalue weighted by Gasteiger charge is -2.09. The van der Waals surface area contributed by atoms with Crippen LogP contribution in [0.5, 0.6) is 0 Å². The van der Waals surface area contributed by atoms with Gasteiger partial charge < -0.3 is 5.41 Å². The van der Waals surface area contributed by atoms with Crippen molar-refractivity contribution in [3.63, 3.8) is 0 Å². The van der Waals surface area contributed by atoms with E-state index < -0.39 is 0 Å². The molecular formula is C13H17ClN2. The molecule has 0 fully saturated rings. The number of halogens is 1. The van der Waals surface area contributed by atoms with Crippen LogP contribution >= 0.6 is 11.6 Å². The molecule has 1 rings (SSSR count). The Morgan fingerprint density at radius 1 is 1.38 bits per heavy atom. The lowest BCUT2D eigenvalue weighted by molar-refractivity contribution is 0.803. The van der Waals surface area contributed by atoms with E-state index in [1.165, 1.54) is 0 Å². The van der Waals surface area contributed by atoms with E-state index in [4.69, 9.17) is 17.0 Å². The van der Waals surface area contributed by atoms with Crippen molar-refractivity contribution in [3.05, 3.63) is 34.9 Å². The second-order valence-electron chi connectivity index (χ2n) is 3.63. The summed E-state index contributed by atoms with van der Waals surface area (Å²) in [6.45, 7) is 4.04. The molecule has 1 N–H and O–H groups in total. The standard InChI is InChI=1S/C13H17ClN2/c1-3-12(15)13(4-2)16-9-10-5-7-11(14)8-6-10/h5-9,13,15H,3-4H2,1-2H3. The number of nitrogens with one attached hydrogen (secondary N) is 1. The molecule has 0 saturated heterocycles. The minimum Gasteiger partial charge on any atom is -0.307 e. The lowest BCUT2D eigenvalue weighted by atomic mass is 10.1. The van der Waals surface area contributed by atoms with Crippen molar-refractivity contribution < 1.29 is 0 Å².